The van der Waals surface area contributed by atoms with Crippen molar-refractivity contribution >= 4 is 21.8 Å². The van der Waals surface area contributed by atoms with Crippen LogP contribution in [0.15, 0.2) is 22.7 Å². The fourth-order valence-electron chi connectivity index (χ4n) is 2.36. The molecule has 0 aliphatic carbocycles. The summed E-state index contributed by atoms with van der Waals surface area (Å²) in [6.45, 7) is 1.45. The Kier molecular flexibility index (Phi) is 5.43. The number of rotatable bonds is 4. The van der Waals surface area contributed by atoms with Gasteiger partial charge in [-0.15, -0.1) is 0 Å². The highest BCUT2D eigenvalue weighted by Crippen LogP contribution is 2.26. The van der Waals surface area contributed by atoms with Crippen LogP contribution >= 0.6 is 15.9 Å². The van der Waals surface area contributed by atoms with Gasteiger partial charge in [0.05, 0.1) is 17.7 Å². The summed E-state index contributed by atoms with van der Waals surface area (Å²) in [7, 11) is 3.42. The molecule has 20 heavy (non-hydrogen) atoms. The highest BCUT2D eigenvalue weighted by molar-refractivity contribution is 9.10. The molecule has 1 aliphatic heterocycles. The smallest absolute Gasteiger partial charge is 0.253 e. The van der Waals surface area contributed by atoms with Gasteiger partial charge in [0.1, 0.15) is 5.75 Å². The Morgan fingerprint density at radius 1 is 1.50 bits per heavy atom. The van der Waals surface area contributed by atoms with Crippen molar-refractivity contribution in [1.29, 1.82) is 0 Å². The SMILES string of the molecule is COc1ccc(C(=O)N(C)CC2CCCCO2)cc1Br. The van der Waals surface area contributed by atoms with E-state index in [0.29, 0.717) is 12.1 Å². The summed E-state index contributed by atoms with van der Waals surface area (Å²) < 4.78 is 11.6. The average Bonchev–Trinajstić information content (AvgIpc) is 2.47. The molecule has 1 aromatic rings. The van der Waals surface area contributed by atoms with Crippen molar-refractivity contribution in [3.63, 3.8) is 0 Å². The highest BCUT2D eigenvalue weighted by atomic mass is 79.9. The number of carbonyl (C=O) groups is 1. The number of hydrogen-bond donors (Lipinski definition) is 0. The van der Waals surface area contributed by atoms with Crippen LogP contribution in [0.4, 0.5) is 0 Å². The van der Waals surface area contributed by atoms with E-state index < -0.39 is 0 Å². The first-order valence-electron chi connectivity index (χ1n) is 6.82. The van der Waals surface area contributed by atoms with E-state index in [9.17, 15) is 4.79 Å². The fraction of sp³-hybridized carbons (Fsp3) is 0.533. The molecule has 1 unspecified atom stereocenters. The molecule has 0 radical (unpaired) electrons. The molecule has 0 aromatic heterocycles. The molecule has 0 bridgehead atoms. The van der Waals surface area contributed by atoms with Gasteiger partial charge in [-0.25, -0.2) is 0 Å². The minimum absolute atomic E-state index is 0.00234. The number of halogens is 1. The zero-order chi connectivity index (χ0) is 14.5. The van der Waals surface area contributed by atoms with E-state index in [1.807, 2.05) is 7.05 Å². The molecule has 5 heteroatoms. The lowest BCUT2D eigenvalue weighted by Crippen LogP contribution is -2.37. The number of amides is 1. The van der Waals surface area contributed by atoms with Gasteiger partial charge in [-0.3, -0.25) is 4.79 Å². The van der Waals surface area contributed by atoms with Crippen molar-refractivity contribution in [2.75, 3.05) is 27.3 Å². The number of benzene rings is 1. The average molecular weight is 342 g/mol. The number of likely N-dealkylation sites (N-methyl/N-ethyl adjacent to an activating group) is 1. The second-order valence-electron chi connectivity index (χ2n) is 5.02. The van der Waals surface area contributed by atoms with Crippen LogP contribution in [0, 0.1) is 0 Å². The molecule has 1 amide bonds. The molecule has 0 saturated carbocycles. The number of ether oxygens (including phenoxy) is 2. The second kappa shape index (κ2) is 7.09. The molecule has 1 atom stereocenters. The number of methoxy groups -OCH3 is 1. The maximum absolute atomic E-state index is 12.4. The topological polar surface area (TPSA) is 38.8 Å². The van der Waals surface area contributed by atoms with Gasteiger partial charge in [-0.1, -0.05) is 0 Å². The van der Waals surface area contributed by atoms with Gasteiger partial charge in [-0.05, 0) is 53.4 Å². The Balaban J connectivity index is 2.00. The Morgan fingerprint density at radius 2 is 2.30 bits per heavy atom. The Morgan fingerprint density at radius 3 is 2.90 bits per heavy atom. The maximum atomic E-state index is 12.4. The van der Waals surface area contributed by atoms with Crippen LogP contribution in [0.5, 0.6) is 5.75 Å². The van der Waals surface area contributed by atoms with E-state index in [4.69, 9.17) is 9.47 Å². The Bertz CT molecular complexity index is 472. The Hall–Kier alpha value is -1.07. The third kappa shape index (κ3) is 3.73. The standard InChI is InChI=1S/C15H20BrNO3/c1-17(10-12-5-3-4-8-20-12)15(18)11-6-7-14(19-2)13(16)9-11/h6-7,9,12H,3-5,8,10H2,1-2H3. The molecule has 4 nitrogen and oxygen atoms in total. The van der Waals surface area contributed by atoms with Gasteiger partial charge >= 0.3 is 0 Å². The number of carbonyl (C=O) groups excluding carboxylic acids is 1. The lowest BCUT2D eigenvalue weighted by atomic mass is 10.1. The summed E-state index contributed by atoms with van der Waals surface area (Å²) in [5, 5.41) is 0. The molecule has 2 rings (SSSR count). The van der Waals surface area contributed by atoms with Gasteiger partial charge in [0.2, 0.25) is 0 Å². The molecule has 0 spiro atoms. The predicted octanol–water partition coefficient (Wildman–Crippen LogP) is 3.10. The van der Waals surface area contributed by atoms with E-state index in [1.165, 1.54) is 6.42 Å². The van der Waals surface area contributed by atoms with Crippen molar-refractivity contribution in [1.82, 2.24) is 4.90 Å². The molecule has 1 fully saturated rings. The van der Waals surface area contributed by atoms with Crippen molar-refractivity contribution in [2.24, 2.45) is 0 Å². The van der Waals surface area contributed by atoms with Gasteiger partial charge in [0.25, 0.3) is 5.91 Å². The number of hydrogen-bond acceptors (Lipinski definition) is 3. The van der Waals surface area contributed by atoms with Gasteiger partial charge in [0.15, 0.2) is 0 Å². The number of nitrogens with zero attached hydrogens (tertiary/aromatic N) is 1. The normalized spacial score (nSPS) is 18.6. The first-order chi connectivity index (χ1) is 9.61. The molecule has 1 aromatic carbocycles. The molecule has 1 saturated heterocycles. The molecule has 1 heterocycles. The van der Waals surface area contributed by atoms with Crippen LogP contribution in [0.1, 0.15) is 29.6 Å². The molecule has 110 valence electrons. The zero-order valence-electron chi connectivity index (χ0n) is 11.9. The van der Waals surface area contributed by atoms with Crippen LogP contribution in [-0.4, -0.2) is 44.2 Å². The van der Waals surface area contributed by atoms with E-state index in [2.05, 4.69) is 15.9 Å². The minimum Gasteiger partial charge on any atom is -0.496 e. The van der Waals surface area contributed by atoms with Gasteiger partial charge in [-0.2, -0.15) is 0 Å². The highest BCUT2D eigenvalue weighted by Gasteiger charge is 2.20. The van der Waals surface area contributed by atoms with E-state index in [-0.39, 0.29) is 12.0 Å². The summed E-state index contributed by atoms with van der Waals surface area (Å²) in [6.07, 6.45) is 3.50. The summed E-state index contributed by atoms with van der Waals surface area (Å²) in [4.78, 5) is 14.1. The summed E-state index contributed by atoms with van der Waals surface area (Å²) in [5.74, 6) is 0.724. The van der Waals surface area contributed by atoms with Crippen molar-refractivity contribution in [3.8, 4) is 5.75 Å². The Labute approximate surface area is 128 Å². The van der Waals surface area contributed by atoms with Crippen LogP contribution in [0.3, 0.4) is 0 Å². The summed E-state index contributed by atoms with van der Waals surface area (Å²) >= 11 is 3.40. The van der Waals surface area contributed by atoms with Gasteiger partial charge in [0, 0.05) is 25.8 Å². The second-order valence-corrected chi connectivity index (χ2v) is 5.88. The largest absolute Gasteiger partial charge is 0.496 e. The minimum atomic E-state index is 0.00234. The molecule has 0 N–H and O–H groups in total. The maximum Gasteiger partial charge on any atom is 0.253 e. The quantitative estimate of drug-likeness (QED) is 0.844. The van der Waals surface area contributed by atoms with Crippen LogP contribution in [-0.2, 0) is 4.74 Å². The van der Waals surface area contributed by atoms with Crippen molar-refractivity contribution in [2.45, 2.75) is 25.4 Å². The third-order valence-electron chi connectivity index (χ3n) is 3.50. The van der Waals surface area contributed by atoms with Crippen molar-refractivity contribution < 1.29 is 14.3 Å². The molecular weight excluding hydrogens is 322 g/mol. The zero-order valence-corrected chi connectivity index (χ0v) is 13.5. The van der Waals surface area contributed by atoms with E-state index in [1.54, 1.807) is 30.2 Å². The first kappa shape index (κ1) is 15.3. The van der Waals surface area contributed by atoms with Crippen LogP contribution in [0.25, 0.3) is 0 Å². The van der Waals surface area contributed by atoms with Crippen LogP contribution in [0.2, 0.25) is 0 Å². The predicted molar refractivity (Wildman–Crippen MR) is 81.2 cm³/mol. The summed E-state index contributed by atoms with van der Waals surface area (Å²) in [6, 6.07) is 5.37. The van der Waals surface area contributed by atoms with Gasteiger partial charge < -0.3 is 14.4 Å². The fourth-order valence-corrected chi connectivity index (χ4v) is 2.90. The van der Waals surface area contributed by atoms with Crippen LogP contribution < -0.4 is 4.74 Å². The third-order valence-corrected chi connectivity index (χ3v) is 4.12. The summed E-state index contributed by atoms with van der Waals surface area (Å²) in [5.41, 5.74) is 0.649. The van der Waals surface area contributed by atoms with E-state index >= 15 is 0 Å². The van der Waals surface area contributed by atoms with E-state index in [0.717, 1.165) is 29.7 Å². The lowest BCUT2D eigenvalue weighted by Gasteiger charge is -2.27. The first-order valence-corrected chi connectivity index (χ1v) is 7.61. The molecular formula is C15H20BrNO3. The van der Waals surface area contributed by atoms with Crippen molar-refractivity contribution in [3.05, 3.63) is 28.2 Å². The monoisotopic (exact) mass is 341 g/mol. The molecule has 1 aliphatic rings. The lowest BCUT2D eigenvalue weighted by molar-refractivity contribution is -0.000189.